The highest BCUT2D eigenvalue weighted by Crippen LogP contribution is 2.47. The minimum Gasteiger partial charge on any atom is -0.377 e. The molecule has 0 saturated heterocycles. The van der Waals surface area contributed by atoms with Gasteiger partial charge in [0.25, 0.3) is 0 Å². The first-order valence-corrected chi connectivity index (χ1v) is 6.66. The summed E-state index contributed by atoms with van der Waals surface area (Å²) in [6.07, 6.45) is 0. The van der Waals surface area contributed by atoms with Crippen LogP contribution in [0.1, 0.15) is 0 Å². The summed E-state index contributed by atoms with van der Waals surface area (Å²) in [6.45, 7) is -1.05. The van der Waals surface area contributed by atoms with Crippen LogP contribution in [0.4, 0.5) is 5.69 Å². The zero-order valence-electron chi connectivity index (χ0n) is 6.96. The van der Waals surface area contributed by atoms with Crippen LogP contribution in [0.2, 0.25) is 0 Å². The summed E-state index contributed by atoms with van der Waals surface area (Å²) in [7, 11) is 3.96. The van der Waals surface area contributed by atoms with Crippen molar-refractivity contribution in [2.75, 3.05) is 19.0 Å². The number of rotatable bonds is 2. The van der Waals surface area contributed by atoms with Crippen molar-refractivity contribution in [2.24, 2.45) is 0 Å². The predicted molar refractivity (Wildman–Crippen MR) is 59.0 cm³/mol. The number of benzene rings is 1. The number of halogens is 2. The van der Waals surface area contributed by atoms with E-state index in [1.807, 2.05) is 43.3 Å². The van der Waals surface area contributed by atoms with Gasteiger partial charge in [0.2, 0.25) is 0 Å². The average Bonchev–Trinajstić information content (AvgIpc) is 2.04. The van der Waals surface area contributed by atoms with Crippen molar-refractivity contribution in [1.29, 1.82) is 0 Å². The summed E-state index contributed by atoms with van der Waals surface area (Å²) in [5, 5.41) is 1.01. The lowest BCUT2D eigenvalue weighted by molar-refractivity contribution is 1.14. The van der Waals surface area contributed by atoms with Gasteiger partial charge >= 0.3 is 0 Å². The second-order valence-electron chi connectivity index (χ2n) is 2.62. The molecule has 0 aliphatic carbocycles. The Bertz CT molecular complexity index is 236. The van der Waals surface area contributed by atoms with Crippen LogP contribution < -0.4 is 10.2 Å². The highest BCUT2D eigenvalue weighted by molar-refractivity contribution is 8.09. The second kappa shape index (κ2) is 4.32. The number of anilines is 1. The van der Waals surface area contributed by atoms with Crippen LogP contribution in [-0.4, -0.2) is 14.1 Å². The van der Waals surface area contributed by atoms with Gasteiger partial charge in [-0.3, -0.25) is 0 Å². The third-order valence-electron chi connectivity index (χ3n) is 1.55. The molecular formula is C8H10Cl2NP. The SMILES string of the molecule is CN(C)c1ccccc1P(Cl)Cl. The summed E-state index contributed by atoms with van der Waals surface area (Å²) < 4.78 is 0. The fraction of sp³-hybridized carbons (Fsp3) is 0.250. The third kappa shape index (κ3) is 2.26. The highest BCUT2D eigenvalue weighted by Gasteiger charge is 2.09. The Labute approximate surface area is 83.6 Å². The molecule has 0 atom stereocenters. The first-order valence-electron chi connectivity index (χ1n) is 3.51. The van der Waals surface area contributed by atoms with Gasteiger partial charge in [0.1, 0.15) is 6.63 Å². The summed E-state index contributed by atoms with van der Waals surface area (Å²) in [6, 6.07) is 7.89. The standard InChI is InChI=1S/C8H10Cl2NP/c1-11(2)7-5-3-4-6-8(7)12(9)10/h3-6H,1-2H3. The molecule has 0 N–H and O–H groups in total. The van der Waals surface area contributed by atoms with Crippen LogP contribution >= 0.6 is 29.1 Å². The smallest absolute Gasteiger partial charge is 0.119 e. The molecule has 0 heterocycles. The molecule has 0 spiro atoms. The molecule has 1 aromatic carbocycles. The molecule has 1 nitrogen and oxygen atoms in total. The average molecular weight is 222 g/mol. The zero-order valence-corrected chi connectivity index (χ0v) is 9.37. The van der Waals surface area contributed by atoms with E-state index in [0.29, 0.717) is 0 Å². The van der Waals surface area contributed by atoms with Gasteiger partial charge in [-0.05, 0) is 6.07 Å². The molecule has 0 aliphatic heterocycles. The molecule has 0 radical (unpaired) electrons. The zero-order chi connectivity index (χ0) is 9.14. The van der Waals surface area contributed by atoms with Gasteiger partial charge in [-0.1, -0.05) is 40.7 Å². The van der Waals surface area contributed by atoms with Crippen LogP contribution in [-0.2, 0) is 0 Å². The van der Waals surface area contributed by atoms with Crippen molar-refractivity contribution in [3.8, 4) is 0 Å². The molecule has 0 aromatic heterocycles. The Morgan fingerprint density at radius 2 is 1.75 bits per heavy atom. The normalized spacial score (nSPS) is 10.4. The molecular weight excluding hydrogens is 212 g/mol. The van der Waals surface area contributed by atoms with Crippen molar-refractivity contribution in [3.05, 3.63) is 24.3 Å². The van der Waals surface area contributed by atoms with E-state index in [4.69, 9.17) is 22.5 Å². The summed E-state index contributed by atoms with van der Waals surface area (Å²) in [4.78, 5) is 2.01. The molecule has 0 saturated carbocycles. The van der Waals surface area contributed by atoms with E-state index in [0.717, 1.165) is 11.0 Å². The fourth-order valence-electron chi connectivity index (χ4n) is 0.985. The van der Waals surface area contributed by atoms with Gasteiger partial charge in [0.05, 0.1) is 0 Å². The maximum Gasteiger partial charge on any atom is 0.119 e. The van der Waals surface area contributed by atoms with Crippen molar-refractivity contribution in [1.82, 2.24) is 0 Å². The molecule has 0 unspecified atom stereocenters. The van der Waals surface area contributed by atoms with Crippen molar-refractivity contribution >= 4 is 40.1 Å². The lowest BCUT2D eigenvalue weighted by Gasteiger charge is -2.17. The summed E-state index contributed by atoms with van der Waals surface area (Å²) in [5.74, 6) is 0. The lowest BCUT2D eigenvalue weighted by Crippen LogP contribution is -2.16. The minimum absolute atomic E-state index is 1.01. The van der Waals surface area contributed by atoms with E-state index < -0.39 is 6.63 Å². The van der Waals surface area contributed by atoms with Crippen LogP contribution in [0, 0.1) is 0 Å². The fourth-order valence-corrected chi connectivity index (χ4v) is 2.49. The molecule has 1 aromatic rings. The maximum absolute atomic E-state index is 5.86. The Hall–Kier alpha value is 0.0300. The van der Waals surface area contributed by atoms with E-state index in [1.54, 1.807) is 0 Å². The van der Waals surface area contributed by atoms with E-state index in [-0.39, 0.29) is 0 Å². The van der Waals surface area contributed by atoms with Gasteiger partial charge in [-0.25, -0.2) is 0 Å². The summed E-state index contributed by atoms with van der Waals surface area (Å²) in [5.41, 5.74) is 1.09. The number of hydrogen-bond donors (Lipinski definition) is 0. The van der Waals surface area contributed by atoms with Crippen LogP contribution in [0.5, 0.6) is 0 Å². The molecule has 0 bridgehead atoms. The molecule has 66 valence electrons. The van der Waals surface area contributed by atoms with Gasteiger partial charge in [0.15, 0.2) is 0 Å². The third-order valence-corrected chi connectivity index (χ3v) is 3.38. The number of para-hydroxylation sites is 1. The van der Waals surface area contributed by atoms with E-state index in [2.05, 4.69) is 0 Å². The molecule has 0 fully saturated rings. The van der Waals surface area contributed by atoms with Crippen molar-refractivity contribution < 1.29 is 0 Å². The van der Waals surface area contributed by atoms with Gasteiger partial charge in [0, 0.05) is 25.1 Å². The Morgan fingerprint density at radius 1 is 1.17 bits per heavy atom. The molecule has 12 heavy (non-hydrogen) atoms. The van der Waals surface area contributed by atoms with Gasteiger partial charge < -0.3 is 4.90 Å². The van der Waals surface area contributed by atoms with E-state index in [9.17, 15) is 0 Å². The van der Waals surface area contributed by atoms with Crippen molar-refractivity contribution in [2.45, 2.75) is 0 Å². The molecule has 0 aliphatic rings. The first kappa shape index (κ1) is 10.1. The monoisotopic (exact) mass is 221 g/mol. The van der Waals surface area contributed by atoms with Crippen LogP contribution in [0.15, 0.2) is 24.3 Å². The number of hydrogen-bond acceptors (Lipinski definition) is 1. The van der Waals surface area contributed by atoms with Gasteiger partial charge in [-0.15, -0.1) is 0 Å². The number of nitrogens with zero attached hydrogens (tertiary/aromatic N) is 1. The quantitative estimate of drug-likeness (QED) is 0.694. The van der Waals surface area contributed by atoms with E-state index in [1.165, 1.54) is 0 Å². The van der Waals surface area contributed by atoms with Crippen molar-refractivity contribution in [3.63, 3.8) is 0 Å². The first-order chi connectivity index (χ1) is 5.63. The van der Waals surface area contributed by atoms with Crippen LogP contribution in [0.25, 0.3) is 0 Å². The Balaban J connectivity index is 3.09. The predicted octanol–water partition coefficient (Wildman–Crippen LogP) is 3.17. The highest BCUT2D eigenvalue weighted by atomic mass is 35.9. The summed E-state index contributed by atoms with van der Waals surface area (Å²) >= 11 is 11.7. The van der Waals surface area contributed by atoms with Crippen LogP contribution in [0.3, 0.4) is 0 Å². The largest absolute Gasteiger partial charge is 0.377 e. The molecule has 4 heteroatoms. The Morgan fingerprint density at radius 3 is 2.17 bits per heavy atom. The second-order valence-corrected chi connectivity index (χ2v) is 6.11. The maximum atomic E-state index is 5.86. The lowest BCUT2D eigenvalue weighted by atomic mass is 10.3. The minimum atomic E-state index is -1.05. The van der Waals surface area contributed by atoms with E-state index >= 15 is 0 Å². The van der Waals surface area contributed by atoms with Gasteiger partial charge in [-0.2, -0.15) is 0 Å². The Kier molecular flexibility index (Phi) is 3.64. The molecule has 1 rings (SSSR count). The molecule has 0 amide bonds. The topological polar surface area (TPSA) is 3.24 Å².